The van der Waals surface area contributed by atoms with Gasteiger partial charge in [-0.15, -0.1) is 13.2 Å². The molecule has 2 rings (SSSR count). The molecule has 0 aromatic heterocycles. The molecular formula is C21H22N2OS. The molecule has 0 saturated carbocycles. The van der Waals surface area contributed by atoms with Crippen molar-refractivity contribution in [2.75, 3.05) is 13.1 Å². The first-order valence-electron chi connectivity index (χ1n) is 8.08. The number of hydrogen-bond acceptors (Lipinski definition) is 2. The summed E-state index contributed by atoms with van der Waals surface area (Å²) in [6.45, 7) is 8.55. The summed E-state index contributed by atoms with van der Waals surface area (Å²) in [5.41, 5.74) is 1.85. The highest BCUT2D eigenvalue weighted by atomic mass is 32.1. The number of amides is 1. The van der Waals surface area contributed by atoms with Crippen molar-refractivity contribution in [3.05, 3.63) is 97.1 Å². The Morgan fingerprint density at radius 2 is 1.40 bits per heavy atom. The van der Waals surface area contributed by atoms with Gasteiger partial charge in [0.15, 0.2) is 5.11 Å². The molecule has 0 aliphatic rings. The first-order chi connectivity index (χ1) is 12.2. The Kier molecular flexibility index (Phi) is 7.11. The maximum Gasteiger partial charge on any atom is 0.238 e. The Morgan fingerprint density at radius 3 is 1.80 bits per heavy atom. The number of rotatable bonds is 7. The van der Waals surface area contributed by atoms with Crippen molar-refractivity contribution in [3.8, 4) is 0 Å². The minimum atomic E-state index is -0.422. The molecular weight excluding hydrogens is 328 g/mol. The van der Waals surface area contributed by atoms with Crippen LogP contribution >= 0.6 is 12.2 Å². The van der Waals surface area contributed by atoms with Crippen molar-refractivity contribution in [2.45, 2.75) is 5.92 Å². The van der Waals surface area contributed by atoms with Crippen LogP contribution in [0.15, 0.2) is 86.0 Å². The molecule has 25 heavy (non-hydrogen) atoms. The molecule has 0 bridgehead atoms. The van der Waals surface area contributed by atoms with Crippen LogP contribution in [-0.2, 0) is 4.79 Å². The normalized spacial score (nSPS) is 10.1. The maximum absolute atomic E-state index is 13.0. The molecule has 2 aromatic rings. The zero-order chi connectivity index (χ0) is 18.1. The number of carbonyl (C=O) groups is 1. The Labute approximate surface area is 154 Å². The van der Waals surface area contributed by atoms with E-state index in [1.165, 1.54) is 0 Å². The van der Waals surface area contributed by atoms with Crippen LogP contribution in [0.2, 0.25) is 0 Å². The van der Waals surface area contributed by atoms with Gasteiger partial charge in [0.1, 0.15) is 0 Å². The lowest BCUT2D eigenvalue weighted by molar-refractivity contribution is -0.120. The second-order valence-corrected chi connectivity index (χ2v) is 5.92. The van der Waals surface area contributed by atoms with E-state index in [1.54, 1.807) is 12.2 Å². The van der Waals surface area contributed by atoms with Gasteiger partial charge in [-0.2, -0.15) is 0 Å². The van der Waals surface area contributed by atoms with E-state index in [2.05, 4.69) is 18.5 Å². The second kappa shape index (κ2) is 9.55. The highest BCUT2D eigenvalue weighted by molar-refractivity contribution is 7.80. The lowest BCUT2D eigenvalue weighted by Crippen LogP contribution is -2.44. The summed E-state index contributed by atoms with van der Waals surface area (Å²) in [5, 5.41) is 3.25. The van der Waals surface area contributed by atoms with Crippen LogP contribution in [0.3, 0.4) is 0 Å². The van der Waals surface area contributed by atoms with E-state index in [-0.39, 0.29) is 5.91 Å². The first-order valence-corrected chi connectivity index (χ1v) is 8.49. The van der Waals surface area contributed by atoms with Crippen LogP contribution in [0.4, 0.5) is 0 Å². The van der Waals surface area contributed by atoms with Gasteiger partial charge in [-0.25, -0.2) is 0 Å². The maximum atomic E-state index is 13.0. The number of thiocarbonyl (C=S) groups is 1. The summed E-state index contributed by atoms with van der Waals surface area (Å²) in [5.74, 6) is -0.574. The summed E-state index contributed by atoms with van der Waals surface area (Å²) in [6.07, 6.45) is 3.49. The van der Waals surface area contributed by atoms with Crippen molar-refractivity contribution in [1.29, 1.82) is 0 Å². The number of carbonyl (C=O) groups excluding carboxylic acids is 1. The van der Waals surface area contributed by atoms with Gasteiger partial charge in [0.25, 0.3) is 0 Å². The average Bonchev–Trinajstić information content (AvgIpc) is 2.63. The van der Waals surface area contributed by atoms with E-state index >= 15 is 0 Å². The Balaban J connectivity index is 2.25. The van der Waals surface area contributed by atoms with E-state index < -0.39 is 5.92 Å². The zero-order valence-corrected chi connectivity index (χ0v) is 14.9. The Morgan fingerprint density at radius 1 is 0.960 bits per heavy atom. The fourth-order valence-corrected chi connectivity index (χ4v) is 2.84. The van der Waals surface area contributed by atoms with Crippen molar-refractivity contribution in [2.24, 2.45) is 0 Å². The first kappa shape index (κ1) is 18.6. The summed E-state index contributed by atoms with van der Waals surface area (Å²) >= 11 is 5.40. The predicted molar refractivity (Wildman–Crippen MR) is 107 cm³/mol. The van der Waals surface area contributed by atoms with Crippen molar-refractivity contribution in [1.82, 2.24) is 10.2 Å². The topological polar surface area (TPSA) is 32.3 Å². The quantitative estimate of drug-likeness (QED) is 0.607. The molecule has 2 aromatic carbocycles. The van der Waals surface area contributed by atoms with Gasteiger partial charge in [0.05, 0.1) is 5.92 Å². The largest absolute Gasteiger partial charge is 0.342 e. The van der Waals surface area contributed by atoms with Crippen LogP contribution in [-0.4, -0.2) is 29.0 Å². The minimum absolute atomic E-state index is 0.152. The van der Waals surface area contributed by atoms with Crippen LogP contribution in [0, 0.1) is 0 Å². The molecule has 0 fully saturated rings. The molecule has 0 saturated heterocycles. The minimum Gasteiger partial charge on any atom is -0.342 e. The summed E-state index contributed by atoms with van der Waals surface area (Å²) in [6, 6.07) is 19.4. The molecule has 0 aliphatic heterocycles. The molecule has 4 heteroatoms. The summed E-state index contributed by atoms with van der Waals surface area (Å²) < 4.78 is 0. The summed E-state index contributed by atoms with van der Waals surface area (Å²) in [7, 11) is 0. The highest BCUT2D eigenvalue weighted by Crippen LogP contribution is 2.24. The van der Waals surface area contributed by atoms with E-state index in [0.29, 0.717) is 18.2 Å². The van der Waals surface area contributed by atoms with E-state index in [9.17, 15) is 4.79 Å². The lowest BCUT2D eigenvalue weighted by atomic mass is 9.90. The SMILES string of the molecule is C=CCN(CC=C)C(=S)NC(=O)C(c1ccccc1)c1ccccc1. The molecule has 0 heterocycles. The monoisotopic (exact) mass is 350 g/mol. The van der Waals surface area contributed by atoms with E-state index in [4.69, 9.17) is 12.2 Å². The third-order valence-electron chi connectivity index (χ3n) is 3.74. The van der Waals surface area contributed by atoms with E-state index in [1.807, 2.05) is 65.6 Å². The zero-order valence-electron chi connectivity index (χ0n) is 14.1. The van der Waals surface area contributed by atoms with Gasteiger partial charge < -0.3 is 10.2 Å². The third-order valence-corrected chi connectivity index (χ3v) is 4.10. The van der Waals surface area contributed by atoms with Gasteiger partial charge in [0.2, 0.25) is 5.91 Å². The third kappa shape index (κ3) is 5.13. The smallest absolute Gasteiger partial charge is 0.238 e. The highest BCUT2D eigenvalue weighted by Gasteiger charge is 2.24. The van der Waals surface area contributed by atoms with Crippen LogP contribution < -0.4 is 5.32 Å². The number of benzene rings is 2. The molecule has 3 nitrogen and oxygen atoms in total. The molecule has 1 amide bonds. The molecule has 1 N–H and O–H groups in total. The van der Waals surface area contributed by atoms with Gasteiger partial charge >= 0.3 is 0 Å². The lowest BCUT2D eigenvalue weighted by Gasteiger charge is -2.25. The van der Waals surface area contributed by atoms with Gasteiger partial charge in [-0.3, -0.25) is 4.79 Å². The fraction of sp³-hybridized carbons (Fsp3) is 0.143. The van der Waals surface area contributed by atoms with Gasteiger partial charge in [-0.05, 0) is 23.3 Å². The summed E-state index contributed by atoms with van der Waals surface area (Å²) in [4.78, 5) is 14.8. The molecule has 0 radical (unpaired) electrons. The number of nitrogens with zero attached hydrogens (tertiary/aromatic N) is 1. The predicted octanol–water partition coefficient (Wildman–Crippen LogP) is 3.89. The standard InChI is InChI=1S/C21H22N2OS/c1-3-15-23(16-4-2)21(25)22-20(24)19(17-11-7-5-8-12-17)18-13-9-6-10-14-18/h3-14,19H,1-2,15-16H2,(H,22,24,25). The van der Waals surface area contributed by atoms with Gasteiger partial charge in [0, 0.05) is 13.1 Å². The van der Waals surface area contributed by atoms with Crippen LogP contribution in [0.5, 0.6) is 0 Å². The van der Waals surface area contributed by atoms with Crippen LogP contribution in [0.1, 0.15) is 17.0 Å². The van der Waals surface area contributed by atoms with Crippen LogP contribution in [0.25, 0.3) is 0 Å². The second-order valence-electron chi connectivity index (χ2n) is 5.53. The molecule has 128 valence electrons. The molecule has 0 spiro atoms. The fourth-order valence-electron chi connectivity index (χ4n) is 2.59. The van der Waals surface area contributed by atoms with Crippen molar-refractivity contribution >= 4 is 23.2 Å². The van der Waals surface area contributed by atoms with Crippen molar-refractivity contribution < 1.29 is 4.79 Å². The average molecular weight is 350 g/mol. The molecule has 0 atom stereocenters. The number of hydrogen-bond donors (Lipinski definition) is 1. The Hall–Kier alpha value is -2.72. The molecule has 0 unspecified atom stereocenters. The Bertz CT molecular complexity index is 679. The molecule has 0 aliphatic carbocycles. The van der Waals surface area contributed by atoms with Gasteiger partial charge in [-0.1, -0.05) is 72.8 Å². The number of nitrogens with one attached hydrogen (secondary N) is 1. The van der Waals surface area contributed by atoms with Crippen molar-refractivity contribution in [3.63, 3.8) is 0 Å². The van der Waals surface area contributed by atoms with E-state index in [0.717, 1.165) is 11.1 Å².